The van der Waals surface area contributed by atoms with Crippen LogP contribution in [-0.4, -0.2) is 74.6 Å². The highest BCUT2D eigenvalue weighted by atomic mass is 32.2. The molecule has 0 saturated carbocycles. The van der Waals surface area contributed by atoms with Gasteiger partial charge in [0.25, 0.3) is 5.91 Å². The minimum atomic E-state index is -3.64. The van der Waals surface area contributed by atoms with Crippen molar-refractivity contribution in [2.75, 3.05) is 46.5 Å². The number of nitrogens with zero attached hydrogens (tertiary/aromatic N) is 3. The van der Waals surface area contributed by atoms with Gasteiger partial charge < -0.3 is 18.9 Å². The van der Waals surface area contributed by atoms with Crippen molar-refractivity contribution < 1.29 is 22.7 Å². The van der Waals surface area contributed by atoms with Crippen LogP contribution in [0.5, 0.6) is 5.75 Å². The smallest absolute Gasteiger partial charge is 0.270 e. The molecule has 0 bridgehead atoms. The van der Waals surface area contributed by atoms with E-state index in [1.54, 1.807) is 18.7 Å². The van der Waals surface area contributed by atoms with E-state index in [2.05, 4.69) is 0 Å². The molecule has 1 saturated heterocycles. The molecule has 1 aliphatic heterocycles. The van der Waals surface area contributed by atoms with Crippen LogP contribution >= 0.6 is 0 Å². The van der Waals surface area contributed by atoms with E-state index in [9.17, 15) is 13.2 Å². The SMILES string of the molecule is Cc1cccc(OCCN(C)C(=O)c2cc(S(=O)(=O)N3CCOCC3)cn2C)c1. The third-order valence-corrected chi connectivity index (χ3v) is 6.70. The quantitative estimate of drug-likeness (QED) is 0.677. The zero-order valence-corrected chi connectivity index (χ0v) is 17.8. The Kier molecular flexibility index (Phi) is 6.61. The predicted molar refractivity (Wildman–Crippen MR) is 109 cm³/mol. The van der Waals surface area contributed by atoms with Crippen LogP contribution in [0, 0.1) is 6.92 Å². The summed E-state index contributed by atoms with van der Waals surface area (Å²) in [6, 6.07) is 9.14. The number of benzene rings is 1. The van der Waals surface area contributed by atoms with E-state index >= 15 is 0 Å². The maximum absolute atomic E-state index is 12.8. The molecule has 1 aliphatic rings. The number of sulfonamides is 1. The number of carbonyl (C=O) groups excluding carboxylic acids is 1. The van der Waals surface area contributed by atoms with Crippen molar-refractivity contribution in [2.24, 2.45) is 7.05 Å². The van der Waals surface area contributed by atoms with Gasteiger partial charge in [-0.15, -0.1) is 0 Å². The largest absolute Gasteiger partial charge is 0.492 e. The summed E-state index contributed by atoms with van der Waals surface area (Å²) in [7, 11) is -0.302. The first-order valence-corrected chi connectivity index (χ1v) is 10.9. The van der Waals surface area contributed by atoms with Crippen molar-refractivity contribution in [3.8, 4) is 5.75 Å². The minimum absolute atomic E-state index is 0.120. The van der Waals surface area contributed by atoms with Crippen LogP contribution in [0.4, 0.5) is 0 Å². The van der Waals surface area contributed by atoms with Crippen molar-refractivity contribution in [1.29, 1.82) is 0 Å². The van der Waals surface area contributed by atoms with Crippen molar-refractivity contribution in [3.63, 3.8) is 0 Å². The summed E-state index contributed by atoms with van der Waals surface area (Å²) >= 11 is 0. The highest BCUT2D eigenvalue weighted by Gasteiger charge is 2.29. The summed E-state index contributed by atoms with van der Waals surface area (Å²) in [5, 5.41) is 0. The van der Waals surface area contributed by atoms with Crippen LogP contribution in [-0.2, 0) is 21.8 Å². The van der Waals surface area contributed by atoms with E-state index in [4.69, 9.17) is 9.47 Å². The molecule has 0 atom stereocenters. The molecule has 0 radical (unpaired) electrons. The Morgan fingerprint density at radius 3 is 2.66 bits per heavy atom. The van der Waals surface area contributed by atoms with Gasteiger partial charge in [0.15, 0.2) is 0 Å². The highest BCUT2D eigenvalue weighted by Crippen LogP contribution is 2.20. The van der Waals surface area contributed by atoms with Gasteiger partial charge in [0.05, 0.1) is 19.8 Å². The Morgan fingerprint density at radius 2 is 1.97 bits per heavy atom. The van der Waals surface area contributed by atoms with Crippen molar-refractivity contribution in [3.05, 3.63) is 47.8 Å². The molecule has 0 spiro atoms. The van der Waals surface area contributed by atoms with E-state index in [1.807, 2.05) is 31.2 Å². The summed E-state index contributed by atoms with van der Waals surface area (Å²) in [5.41, 5.74) is 1.42. The fourth-order valence-corrected chi connectivity index (χ4v) is 4.61. The molecule has 2 heterocycles. The number of aromatic nitrogens is 1. The van der Waals surface area contributed by atoms with Gasteiger partial charge in [0.1, 0.15) is 22.9 Å². The number of ether oxygens (including phenoxy) is 2. The van der Waals surface area contributed by atoms with Gasteiger partial charge in [-0.1, -0.05) is 12.1 Å². The molecule has 0 N–H and O–H groups in total. The third-order valence-electron chi connectivity index (χ3n) is 4.84. The average molecular weight is 422 g/mol. The first-order chi connectivity index (χ1) is 13.8. The molecule has 8 nitrogen and oxygen atoms in total. The number of hydrogen-bond donors (Lipinski definition) is 0. The lowest BCUT2D eigenvalue weighted by atomic mass is 10.2. The molecule has 1 aromatic carbocycles. The first kappa shape index (κ1) is 21.4. The van der Waals surface area contributed by atoms with Gasteiger partial charge in [-0.05, 0) is 30.7 Å². The molecule has 1 fully saturated rings. The zero-order valence-electron chi connectivity index (χ0n) is 17.0. The van der Waals surface area contributed by atoms with Crippen molar-refractivity contribution >= 4 is 15.9 Å². The summed E-state index contributed by atoms with van der Waals surface area (Å²) < 4.78 is 39.5. The van der Waals surface area contributed by atoms with E-state index in [0.717, 1.165) is 11.3 Å². The summed E-state index contributed by atoms with van der Waals surface area (Å²) in [6.07, 6.45) is 1.48. The van der Waals surface area contributed by atoms with E-state index in [1.165, 1.54) is 21.5 Å². The third kappa shape index (κ3) is 4.98. The second-order valence-electron chi connectivity index (χ2n) is 7.08. The van der Waals surface area contributed by atoms with Crippen LogP contribution in [0.15, 0.2) is 41.4 Å². The van der Waals surface area contributed by atoms with Gasteiger partial charge in [0.2, 0.25) is 10.0 Å². The Labute approximate surface area is 171 Å². The Hall–Kier alpha value is -2.36. The predicted octanol–water partition coefficient (Wildman–Crippen LogP) is 1.51. The molecule has 0 aliphatic carbocycles. The summed E-state index contributed by atoms with van der Waals surface area (Å²) in [5.74, 6) is 0.493. The number of amides is 1. The molecular formula is C20H27N3O5S. The highest BCUT2D eigenvalue weighted by molar-refractivity contribution is 7.89. The Balaban J connectivity index is 1.64. The Bertz CT molecular complexity index is 964. The number of likely N-dealkylation sites (N-methyl/N-ethyl adjacent to an activating group) is 1. The maximum Gasteiger partial charge on any atom is 0.270 e. The van der Waals surface area contributed by atoms with Crippen molar-refractivity contribution in [1.82, 2.24) is 13.8 Å². The summed E-state index contributed by atoms with van der Waals surface area (Å²) in [6.45, 7) is 4.09. The number of carbonyl (C=O) groups is 1. The average Bonchev–Trinajstić information content (AvgIpc) is 3.10. The molecule has 2 aromatic rings. The van der Waals surface area contributed by atoms with Crippen LogP contribution in [0.25, 0.3) is 0 Å². The Morgan fingerprint density at radius 1 is 1.24 bits per heavy atom. The standard InChI is InChI=1S/C20H27N3O5S/c1-16-5-4-6-17(13-16)28-12-7-21(2)20(24)19-14-18(15-22(19)3)29(25,26)23-8-10-27-11-9-23/h4-6,13-15H,7-12H2,1-3H3. The molecule has 1 aromatic heterocycles. The van der Waals surface area contributed by atoms with E-state index < -0.39 is 10.0 Å². The number of aryl methyl sites for hydroxylation is 2. The van der Waals surface area contributed by atoms with Gasteiger partial charge in [0, 0.05) is 33.4 Å². The lowest BCUT2D eigenvalue weighted by molar-refractivity contribution is 0.0730. The lowest BCUT2D eigenvalue weighted by Crippen LogP contribution is -2.40. The zero-order chi connectivity index (χ0) is 21.0. The number of morpholine rings is 1. The van der Waals surface area contributed by atoms with Gasteiger partial charge in [-0.25, -0.2) is 8.42 Å². The number of rotatable bonds is 7. The normalized spacial score (nSPS) is 15.3. The van der Waals surface area contributed by atoms with Gasteiger partial charge in [-0.3, -0.25) is 4.79 Å². The fourth-order valence-electron chi connectivity index (χ4n) is 3.13. The monoisotopic (exact) mass is 421 g/mol. The van der Waals surface area contributed by atoms with E-state index in [0.29, 0.717) is 45.1 Å². The molecule has 0 unspecified atom stereocenters. The van der Waals surface area contributed by atoms with E-state index in [-0.39, 0.29) is 10.8 Å². The molecule has 158 valence electrons. The van der Waals surface area contributed by atoms with Gasteiger partial charge >= 0.3 is 0 Å². The van der Waals surface area contributed by atoms with Crippen LogP contribution in [0.2, 0.25) is 0 Å². The van der Waals surface area contributed by atoms with Crippen LogP contribution in [0.3, 0.4) is 0 Å². The lowest BCUT2D eigenvalue weighted by Gasteiger charge is -2.25. The molecular weight excluding hydrogens is 394 g/mol. The second-order valence-corrected chi connectivity index (χ2v) is 9.02. The topological polar surface area (TPSA) is 81.1 Å². The number of hydrogen-bond acceptors (Lipinski definition) is 5. The first-order valence-electron chi connectivity index (χ1n) is 9.48. The second kappa shape index (κ2) is 8.98. The summed E-state index contributed by atoms with van der Waals surface area (Å²) in [4.78, 5) is 14.4. The molecule has 9 heteroatoms. The molecule has 1 amide bonds. The van der Waals surface area contributed by atoms with Gasteiger partial charge in [-0.2, -0.15) is 4.31 Å². The van der Waals surface area contributed by atoms with Crippen molar-refractivity contribution in [2.45, 2.75) is 11.8 Å². The maximum atomic E-state index is 12.8. The van der Waals surface area contributed by atoms with Crippen LogP contribution in [0.1, 0.15) is 16.1 Å². The molecule has 3 rings (SSSR count). The van der Waals surface area contributed by atoms with Crippen LogP contribution < -0.4 is 4.74 Å². The fraction of sp³-hybridized carbons (Fsp3) is 0.450. The minimum Gasteiger partial charge on any atom is -0.492 e. The molecule has 29 heavy (non-hydrogen) atoms.